The highest BCUT2D eigenvalue weighted by Crippen LogP contribution is 2.34. The van der Waals surface area contributed by atoms with Crippen LogP contribution in [0.15, 0.2) is 29.3 Å². The molecule has 2 aromatic heterocycles. The molecule has 0 saturated carbocycles. The quantitative estimate of drug-likeness (QED) is 0.702. The number of fused-ring (bicyclic) bond motifs is 1. The number of aromatic nitrogens is 5. The van der Waals surface area contributed by atoms with E-state index < -0.39 is 0 Å². The average Bonchev–Trinajstić information content (AvgIpc) is 3.17. The van der Waals surface area contributed by atoms with Crippen molar-refractivity contribution in [2.45, 2.75) is 27.2 Å². The van der Waals surface area contributed by atoms with Gasteiger partial charge in [-0.2, -0.15) is 4.68 Å². The zero-order chi connectivity index (χ0) is 19.4. The van der Waals surface area contributed by atoms with Gasteiger partial charge in [0.2, 0.25) is 0 Å². The van der Waals surface area contributed by atoms with E-state index in [1.807, 2.05) is 32.9 Å². The van der Waals surface area contributed by atoms with Gasteiger partial charge in [0, 0.05) is 42.8 Å². The molecule has 0 atom stereocenters. The Labute approximate surface area is 162 Å². The Morgan fingerprint density at radius 1 is 1.00 bits per heavy atom. The molecule has 7 nitrogen and oxygen atoms in total. The number of anilines is 1. The number of aryl methyl sites for hydroxylation is 3. The molecular formula is C20H20FN7. The van der Waals surface area contributed by atoms with E-state index in [-0.39, 0.29) is 5.82 Å². The molecule has 28 heavy (non-hydrogen) atoms. The van der Waals surface area contributed by atoms with Crippen LogP contribution in [0.5, 0.6) is 0 Å². The van der Waals surface area contributed by atoms with Crippen LogP contribution in [0.25, 0.3) is 5.82 Å². The Morgan fingerprint density at radius 2 is 1.79 bits per heavy atom. The van der Waals surface area contributed by atoms with E-state index in [1.54, 1.807) is 10.7 Å². The molecule has 4 heterocycles. The summed E-state index contributed by atoms with van der Waals surface area (Å²) in [6, 6.07) is 7.04. The topological polar surface area (TPSA) is 72.1 Å². The molecule has 1 fully saturated rings. The molecular weight excluding hydrogens is 357 g/mol. The van der Waals surface area contributed by atoms with Crippen molar-refractivity contribution in [2.75, 3.05) is 18.0 Å². The first-order valence-corrected chi connectivity index (χ1v) is 9.34. The van der Waals surface area contributed by atoms with Crippen molar-refractivity contribution in [3.63, 3.8) is 0 Å². The molecule has 0 unspecified atom stereocenters. The number of nitrogens with zero attached hydrogens (tertiary/aromatic N) is 7. The molecule has 2 aliphatic rings. The lowest BCUT2D eigenvalue weighted by Gasteiger charge is -2.40. The predicted octanol–water partition coefficient (Wildman–Crippen LogP) is 2.89. The SMILES string of the molecule is Cc1nc(N2CC(C3=Nc4cccc(F)c4C3)C2)cc(-n2nc(C)nc2C)n1. The Bertz CT molecular complexity index is 1110. The maximum absolute atomic E-state index is 14.0. The zero-order valence-electron chi connectivity index (χ0n) is 16.0. The van der Waals surface area contributed by atoms with Crippen LogP contribution in [0.1, 0.15) is 23.0 Å². The third-order valence-corrected chi connectivity index (χ3v) is 5.30. The summed E-state index contributed by atoms with van der Waals surface area (Å²) < 4.78 is 15.7. The maximum Gasteiger partial charge on any atom is 0.161 e. The summed E-state index contributed by atoms with van der Waals surface area (Å²) in [4.78, 5) is 20.3. The molecule has 3 aromatic rings. The third-order valence-electron chi connectivity index (χ3n) is 5.30. The minimum Gasteiger partial charge on any atom is -0.355 e. The molecule has 8 heteroatoms. The van der Waals surface area contributed by atoms with Gasteiger partial charge in [0.05, 0.1) is 5.69 Å². The highest BCUT2D eigenvalue weighted by atomic mass is 19.1. The molecule has 142 valence electrons. The van der Waals surface area contributed by atoms with Crippen LogP contribution in [-0.2, 0) is 6.42 Å². The molecule has 0 radical (unpaired) electrons. The molecule has 0 aliphatic carbocycles. The first-order chi connectivity index (χ1) is 13.5. The van der Waals surface area contributed by atoms with Crippen molar-refractivity contribution >= 4 is 17.2 Å². The van der Waals surface area contributed by atoms with E-state index in [2.05, 4.69) is 29.9 Å². The van der Waals surface area contributed by atoms with Crippen LogP contribution >= 0.6 is 0 Å². The van der Waals surface area contributed by atoms with Crippen molar-refractivity contribution < 1.29 is 4.39 Å². The first-order valence-electron chi connectivity index (χ1n) is 9.34. The molecule has 2 aliphatic heterocycles. The van der Waals surface area contributed by atoms with Gasteiger partial charge in [-0.3, -0.25) is 4.99 Å². The largest absolute Gasteiger partial charge is 0.355 e. The van der Waals surface area contributed by atoms with Gasteiger partial charge in [0.25, 0.3) is 0 Å². The Morgan fingerprint density at radius 3 is 2.50 bits per heavy atom. The summed E-state index contributed by atoms with van der Waals surface area (Å²) in [7, 11) is 0. The summed E-state index contributed by atoms with van der Waals surface area (Å²) in [5, 5.41) is 4.42. The Hall–Kier alpha value is -3.16. The smallest absolute Gasteiger partial charge is 0.161 e. The van der Waals surface area contributed by atoms with Gasteiger partial charge in [0.1, 0.15) is 29.1 Å². The van der Waals surface area contributed by atoms with Gasteiger partial charge in [0.15, 0.2) is 5.82 Å². The number of benzene rings is 1. The number of rotatable bonds is 3. The van der Waals surface area contributed by atoms with Crippen LogP contribution in [0.4, 0.5) is 15.9 Å². The van der Waals surface area contributed by atoms with E-state index in [1.165, 1.54) is 6.07 Å². The summed E-state index contributed by atoms with van der Waals surface area (Å²) in [5.41, 5.74) is 2.55. The van der Waals surface area contributed by atoms with Gasteiger partial charge in [-0.05, 0) is 32.9 Å². The molecule has 0 bridgehead atoms. The minimum atomic E-state index is -0.165. The lowest BCUT2D eigenvalue weighted by atomic mass is 9.91. The zero-order valence-corrected chi connectivity index (χ0v) is 16.0. The summed E-state index contributed by atoms with van der Waals surface area (Å²) in [6.07, 6.45) is 0.603. The van der Waals surface area contributed by atoms with Gasteiger partial charge >= 0.3 is 0 Å². The second-order valence-corrected chi connectivity index (χ2v) is 7.37. The van der Waals surface area contributed by atoms with E-state index in [4.69, 9.17) is 0 Å². The van der Waals surface area contributed by atoms with Crippen molar-refractivity contribution in [3.8, 4) is 5.82 Å². The first kappa shape index (κ1) is 17.0. The normalized spacial score (nSPS) is 16.1. The monoisotopic (exact) mass is 377 g/mol. The summed E-state index contributed by atoms with van der Waals surface area (Å²) in [6.45, 7) is 7.29. The Kier molecular flexibility index (Phi) is 3.75. The number of halogens is 1. The highest BCUT2D eigenvalue weighted by molar-refractivity contribution is 5.97. The lowest BCUT2D eigenvalue weighted by molar-refractivity contribution is 0.511. The van der Waals surface area contributed by atoms with Gasteiger partial charge in [-0.15, -0.1) is 5.10 Å². The molecule has 5 rings (SSSR count). The van der Waals surface area contributed by atoms with Crippen LogP contribution in [0.3, 0.4) is 0 Å². The fraction of sp³-hybridized carbons (Fsp3) is 0.350. The summed E-state index contributed by atoms with van der Waals surface area (Å²) in [5.74, 6) is 3.94. The van der Waals surface area contributed by atoms with Crippen LogP contribution < -0.4 is 4.90 Å². The van der Waals surface area contributed by atoms with Gasteiger partial charge in [-0.1, -0.05) is 6.07 Å². The second-order valence-electron chi connectivity index (χ2n) is 7.37. The maximum atomic E-state index is 14.0. The number of aliphatic imine (C=N–C) groups is 1. The van der Waals surface area contributed by atoms with E-state index in [9.17, 15) is 4.39 Å². The number of hydrogen-bond acceptors (Lipinski definition) is 6. The Balaban J connectivity index is 1.35. The standard InChI is InChI=1S/C20H20FN7/c1-11-23-19(8-20(24-11)28-13(3)22-12(2)26-28)27-9-14(10-27)18-7-15-16(21)5-4-6-17(15)25-18/h4-6,8,14H,7,9-10H2,1-3H3. The average molecular weight is 377 g/mol. The van der Waals surface area contributed by atoms with Crippen LogP contribution in [0.2, 0.25) is 0 Å². The minimum absolute atomic E-state index is 0.165. The van der Waals surface area contributed by atoms with E-state index in [0.29, 0.717) is 29.6 Å². The summed E-state index contributed by atoms with van der Waals surface area (Å²) >= 11 is 0. The second kappa shape index (κ2) is 6.19. The molecule has 0 spiro atoms. The fourth-order valence-corrected chi connectivity index (χ4v) is 3.86. The highest BCUT2D eigenvalue weighted by Gasteiger charge is 2.35. The van der Waals surface area contributed by atoms with Crippen LogP contribution in [-0.4, -0.2) is 43.5 Å². The number of hydrogen-bond donors (Lipinski definition) is 0. The predicted molar refractivity (Wildman–Crippen MR) is 104 cm³/mol. The third kappa shape index (κ3) is 2.76. The molecule has 1 aromatic carbocycles. The van der Waals surface area contributed by atoms with Crippen molar-refractivity contribution in [3.05, 3.63) is 53.1 Å². The van der Waals surface area contributed by atoms with E-state index >= 15 is 0 Å². The van der Waals surface area contributed by atoms with Gasteiger partial charge < -0.3 is 4.90 Å². The van der Waals surface area contributed by atoms with Crippen LogP contribution in [0, 0.1) is 32.5 Å². The van der Waals surface area contributed by atoms with Gasteiger partial charge in [-0.25, -0.2) is 19.3 Å². The molecule has 0 N–H and O–H groups in total. The van der Waals surface area contributed by atoms with E-state index in [0.717, 1.165) is 41.9 Å². The molecule has 0 amide bonds. The lowest BCUT2D eigenvalue weighted by Crippen LogP contribution is -2.51. The molecule has 1 saturated heterocycles. The van der Waals surface area contributed by atoms with Crippen molar-refractivity contribution in [1.29, 1.82) is 0 Å². The van der Waals surface area contributed by atoms with Crippen molar-refractivity contribution in [2.24, 2.45) is 10.9 Å². The van der Waals surface area contributed by atoms with Crippen molar-refractivity contribution in [1.82, 2.24) is 24.7 Å². The fourth-order valence-electron chi connectivity index (χ4n) is 3.86.